The van der Waals surface area contributed by atoms with Crippen LogP contribution in [0.5, 0.6) is 0 Å². The van der Waals surface area contributed by atoms with Crippen molar-refractivity contribution in [1.82, 2.24) is 24.6 Å². The summed E-state index contributed by atoms with van der Waals surface area (Å²) in [6.07, 6.45) is -3.01. The summed E-state index contributed by atoms with van der Waals surface area (Å²) < 4.78 is 43.4. The van der Waals surface area contributed by atoms with Crippen LogP contribution in [0.1, 0.15) is 24.6 Å². The number of halogens is 4. The molecule has 1 unspecified atom stereocenters. The second-order valence-corrected chi connectivity index (χ2v) is 9.64. The van der Waals surface area contributed by atoms with Crippen LogP contribution in [0.2, 0.25) is 5.02 Å². The lowest BCUT2D eigenvalue weighted by atomic mass is 9.98. The lowest BCUT2D eigenvalue weighted by Crippen LogP contribution is -2.43. The molecule has 4 heterocycles. The first-order valence-corrected chi connectivity index (χ1v) is 11.7. The van der Waals surface area contributed by atoms with Crippen molar-refractivity contribution in [3.8, 4) is 21.6 Å². The molecule has 182 valence electrons. The number of aromatic nitrogens is 4. The van der Waals surface area contributed by atoms with E-state index in [1.807, 2.05) is 0 Å². The summed E-state index contributed by atoms with van der Waals surface area (Å²) in [4.78, 5) is 40.9. The number of nitrogens with one attached hydrogen (secondary N) is 2. The SMILES string of the molecule is Cn1cc(-c2cccc(Cl)c2-c2cc3[nH]c(=O)n(C4CCNC(=O)C4)c(=O)c3s2)c(C(F)(F)F)n1. The Bertz CT molecular complexity index is 1600. The second-order valence-electron chi connectivity index (χ2n) is 8.18. The molecule has 0 radical (unpaired) electrons. The van der Waals surface area contributed by atoms with E-state index < -0.39 is 29.2 Å². The van der Waals surface area contributed by atoms with Crippen LogP contribution in [0.4, 0.5) is 13.2 Å². The van der Waals surface area contributed by atoms with Crippen LogP contribution in [0.15, 0.2) is 40.1 Å². The van der Waals surface area contributed by atoms with Gasteiger partial charge in [0.15, 0.2) is 5.69 Å². The molecular weight excluding hydrogens is 507 g/mol. The number of nitrogens with zero attached hydrogens (tertiary/aromatic N) is 3. The van der Waals surface area contributed by atoms with E-state index >= 15 is 0 Å². The zero-order chi connectivity index (χ0) is 25.1. The lowest BCUT2D eigenvalue weighted by molar-refractivity contribution is -0.141. The average molecular weight is 524 g/mol. The molecule has 5 rings (SSSR count). The molecule has 1 amide bonds. The van der Waals surface area contributed by atoms with Gasteiger partial charge in [0.25, 0.3) is 5.56 Å². The molecule has 1 atom stereocenters. The smallest absolute Gasteiger partial charge is 0.356 e. The number of benzene rings is 1. The first kappa shape index (κ1) is 23.4. The molecule has 1 aliphatic rings. The van der Waals surface area contributed by atoms with Crippen molar-refractivity contribution in [3.63, 3.8) is 0 Å². The maximum Gasteiger partial charge on any atom is 0.435 e. The highest BCUT2D eigenvalue weighted by Gasteiger charge is 2.38. The highest BCUT2D eigenvalue weighted by molar-refractivity contribution is 7.22. The van der Waals surface area contributed by atoms with Crippen LogP contribution in [-0.2, 0) is 18.0 Å². The van der Waals surface area contributed by atoms with E-state index in [1.165, 1.54) is 37.5 Å². The maximum absolute atomic E-state index is 13.7. The van der Waals surface area contributed by atoms with Gasteiger partial charge < -0.3 is 10.3 Å². The number of rotatable bonds is 3. The van der Waals surface area contributed by atoms with E-state index in [1.54, 1.807) is 0 Å². The third kappa shape index (κ3) is 4.06. The molecule has 0 saturated carbocycles. The van der Waals surface area contributed by atoms with Gasteiger partial charge in [-0.1, -0.05) is 23.7 Å². The predicted molar refractivity (Wildman–Crippen MR) is 126 cm³/mol. The van der Waals surface area contributed by atoms with E-state index in [0.717, 1.165) is 20.6 Å². The van der Waals surface area contributed by atoms with Gasteiger partial charge in [-0.05, 0) is 24.1 Å². The van der Waals surface area contributed by atoms with Crippen molar-refractivity contribution in [1.29, 1.82) is 0 Å². The summed E-state index contributed by atoms with van der Waals surface area (Å²) in [7, 11) is 1.39. The highest BCUT2D eigenvalue weighted by atomic mass is 35.5. The van der Waals surface area contributed by atoms with Gasteiger partial charge >= 0.3 is 11.9 Å². The molecule has 13 heteroatoms. The Labute approximate surface area is 204 Å². The largest absolute Gasteiger partial charge is 0.435 e. The Balaban J connectivity index is 1.71. The molecule has 2 N–H and O–H groups in total. The summed E-state index contributed by atoms with van der Waals surface area (Å²) in [5, 5.41) is 6.42. The number of carbonyl (C=O) groups excluding carboxylic acids is 1. The number of hydrogen-bond acceptors (Lipinski definition) is 5. The van der Waals surface area contributed by atoms with Crippen molar-refractivity contribution in [2.75, 3.05) is 6.54 Å². The van der Waals surface area contributed by atoms with Crippen LogP contribution in [-0.4, -0.2) is 31.8 Å². The molecule has 3 aromatic heterocycles. The van der Waals surface area contributed by atoms with Gasteiger partial charge in [0.1, 0.15) is 4.70 Å². The lowest BCUT2D eigenvalue weighted by Gasteiger charge is -2.23. The number of aryl methyl sites for hydroxylation is 1. The minimum absolute atomic E-state index is 0.00259. The van der Waals surface area contributed by atoms with Gasteiger partial charge in [-0.15, -0.1) is 11.3 Å². The fourth-order valence-electron chi connectivity index (χ4n) is 4.36. The molecule has 0 spiro atoms. The van der Waals surface area contributed by atoms with E-state index in [4.69, 9.17) is 11.6 Å². The van der Waals surface area contributed by atoms with Crippen LogP contribution in [0.25, 0.3) is 31.8 Å². The second kappa shape index (κ2) is 8.38. The van der Waals surface area contributed by atoms with Crippen molar-refractivity contribution in [3.05, 3.63) is 62.0 Å². The van der Waals surface area contributed by atoms with E-state index in [0.29, 0.717) is 17.8 Å². The fraction of sp³-hybridized carbons (Fsp3) is 0.273. The van der Waals surface area contributed by atoms with E-state index in [9.17, 15) is 27.6 Å². The first-order valence-electron chi connectivity index (χ1n) is 10.5. The van der Waals surface area contributed by atoms with E-state index in [-0.39, 0.29) is 44.3 Å². The molecular formula is C22H17ClF3N5O3S. The molecule has 1 aliphatic heterocycles. The molecule has 4 aromatic rings. The topological polar surface area (TPSA) is 102 Å². The van der Waals surface area contributed by atoms with Crippen molar-refractivity contribution >= 4 is 39.1 Å². The monoisotopic (exact) mass is 523 g/mol. The van der Waals surface area contributed by atoms with Crippen LogP contribution in [0, 0.1) is 0 Å². The molecule has 1 aromatic carbocycles. The summed E-state index contributed by atoms with van der Waals surface area (Å²) in [6, 6.07) is 5.51. The van der Waals surface area contributed by atoms with Crippen molar-refractivity contribution in [2.24, 2.45) is 7.05 Å². The van der Waals surface area contributed by atoms with Gasteiger partial charge in [0, 0.05) is 47.2 Å². The summed E-state index contributed by atoms with van der Waals surface area (Å²) in [6.45, 7) is 0.346. The molecule has 0 aliphatic carbocycles. The number of carbonyl (C=O) groups is 1. The Kier molecular flexibility index (Phi) is 5.59. The van der Waals surface area contributed by atoms with Crippen LogP contribution >= 0.6 is 22.9 Å². The maximum atomic E-state index is 13.7. The van der Waals surface area contributed by atoms with Crippen LogP contribution in [0.3, 0.4) is 0 Å². The van der Waals surface area contributed by atoms with Crippen LogP contribution < -0.4 is 16.6 Å². The zero-order valence-electron chi connectivity index (χ0n) is 18.1. The number of alkyl halides is 3. The minimum atomic E-state index is -4.69. The average Bonchev–Trinajstić information content (AvgIpc) is 3.37. The van der Waals surface area contributed by atoms with Gasteiger partial charge in [-0.2, -0.15) is 18.3 Å². The van der Waals surface area contributed by atoms with Crippen molar-refractivity contribution in [2.45, 2.75) is 25.1 Å². The number of H-pyrrole nitrogens is 1. The van der Waals surface area contributed by atoms with Gasteiger partial charge in [-0.3, -0.25) is 18.8 Å². The first-order chi connectivity index (χ1) is 16.5. The standard InChI is InChI=1S/C22H17ClF3N5O3S/c1-30-9-12(19(29-30)22(24,25)26)11-3-2-4-13(23)17(11)15-8-14-18(35-15)20(33)31(21(34)28-14)10-5-6-27-16(32)7-10/h2-4,8-10H,5-7H2,1H3,(H,27,32)(H,28,34). The molecule has 1 saturated heterocycles. The van der Waals surface area contributed by atoms with Gasteiger partial charge in [-0.25, -0.2) is 4.79 Å². The molecule has 1 fully saturated rings. The minimum Gasteiger partial charge on any atom is -0.356 e. The number of fused-ring (bicyclic) bond motifs is 1. The molecule has 8 nitrogen and oxygen atoms in total. The number of hydrogen-bond donors (Lipinski definition) is 2. The Morgan fingerprint density at radius 1 is 1.20 bits per heavy atom. The summed E-state index contributed by atoms with van der Waals surface area (Å²) in [5.74, 6) is -0.253. The number of thiophene rings is 1. The Hall–Kier alpha value is -3.38. The summed E-state index contributed by atoms with van der Waals surface area (Å²) >= 11 is 7.46. The third-order valence-electron chi connectivity index (χ3n) is 5.84. The Morgan fingerprint density at radius 2 is 1.97 bits per heavy atom. The number of piperidine rings is 1. The quantitative estimate of drug-likeness (QED) is 0.424. The van der Waals surface area contributed by atoms with Crippen molar-refractivity contribution < 1.29 is 18.0 Å². The fourth-order valence-corrected chi connectivity index (χ4v) is 5.81. The molecule has 35 heavy (non-hydrogen) atoms. The summed E-state index contributed by atoms with van der Waals surface area (Å²) in [5.41, 5.74) is -1.72. The molecule has 0 bridgehead atoms. The number of amides is 1. The highest BCUT2D eigenvalue weighted by Crippen LogP contribution is 2.45. The van der Waals surface area contributed by atoms with E-state index in [2.05, 4.69) is 15.4 Å². The van der Waals surface area contributed by atoms with Gasteiger partial charge in [0.05, 0.1) is 11.6 Å². The third-order valence-corrected chi connectivity index (χ3v) is 7.29. The Morgan fingerprint density at radius 3 is 2.69 bits per heavy atom. The zero-order valence-corrected chi connectivity index (χ0v) is 19.6. The predicted octanol–water partition coefficient (Wildman–Crippen LogP) is 3.94. The normalized spacial score (nSPS) is 16.6. The van der Waals surface area contributed by atoms with Gasteiger partial charge in [0.2, 0.25) is 5.91 Å². The number of aromatic amines is 1.